The molecule has 0 spiro atoms. The molecule has 0 bridgehead atoms. The number of anilines is 1. The second-order valence-electron chi connectivity index (χ2n) is 4.67. The number of piperidine rings is 1. The summed E-state index contributed by atoms with van der Waals surface area (Å²) in [6, 6.07) is 5.40. The van der Waals surface area contributed by atoms with E-state index in [0.717, 1.165) is 11.3 Å². The van der Waals surface area contributed by atoms with Gasteiger partial charge >= 0.3 is 6.18 Å². The summed E-state index contributed by atoms with van der Waals surface area (Å²) >= 11 is 11.9. The Kier molecular flexibility index (Phi) is 4.51. The van der Waals surface area contributed by atoms with Gasteiger partial charge in [0.25, 0.3) is 0 Å². The SMILES string of the molecule is FC(F)(F)C1CCN(c2cccc(Cl)c2CCl)CC1. The van der Waals surface area contributed by atoms with Gasteiger partial charge in [-0.05, 0) is 25.0 Å². The molecular weight excluding hydrogens is 298 g/mol. The molecule has 2 rings (SSSR count). The number of alkyl halides is 4. The number of halogens is 5. The van der Waals surface area contributed by atoms with Gasteiger partial charge in [-0.3, -0.25) is 0 Å². The molecule has 1 aliphatic rings. The molecule has 0 unspecified atom stereocenters. The van der Waals surface area contributed by atoms with E-state index in [-0.39, 0.29) is 18.7 Å². The first-order chi connectivity index (χ1) is 8.93. The van der Waals surface area contributed by atoms with E-state index < -0.39 is 12.1 Å². The molecule has 19 heavy (non-hydrogen) atoms. The molecule has 1 fully saturated rings. The second kappa shape index (κ2) is 5.80. The van der Waals surface area contributed by atoms with Crippen molar-refractivity contribution in [3.8, 4) is 0 Å². The topological polar surface area (TPSA) is 3.24 Å². The van der Waals surface area contributed by atoms with Crippen LogP contribution in [0, 0.1) is 5.92 Å². The minimum absolute atomic E-state index is 0.123. The highest BCUT2D eigenvalue weighted by atomic mass is 35.5. The van der Waals surface area contributed by atoms with Crippen LogP contribution < -0.4 is 4.90 Å². The molecule has 0 saturated carbocycles. The molecule has 0 aliphatic carbocycles. The first-order valence-electron chi connectivity index (χ1n) is 6.08. The third kappa shape index (κ3) is 3.29. The van der Waals surface area contributed by atoms with Crippen molar-refractivity contribution in [1.82, 2.24) is 0 Å². The standard InChI is InChI=1S/C13H14Cl2F3N/c14-8-10-11(15)2-1-3-12(10)19-6-4-9(5-7-19)13(16,17)18/h1-3,9H,4-8H2. The van der Waals surface area contributed by atoms with Gasteiger partial charge in [-0.25, -0.2) is 0 Å². The molecule has 1 heterocycles. The van der Waals surface area contributed by atoms with Crippen molar-refractivity contribution < 1.29 is 13.2 Å². The summed E-state index contributed by atoms with van der Waals surface area (Å²) in [6.07, 6.45) is -3.84. The molecule has 1 aromatic carbocycles. The van der Waals surface area contributed by atoms with Crippen molar-refractivity contribution in [3.05, 3.63) is 28.8 Å². The number of hydrogen-bond acceptors (Lipinski definition) is 1. The third-order valence-corrected chi connectivity index (χ3v) is 4.15. The van der Waals surface area contributed by atoms with Crippen LogP contribution in [0.15, 0.2) is 18.2 Å². The summed E-state index contributed by atoms with van der Waals surface area (Å²) in [5.74, 6) is -0.934. The monoisotopic (exact) mass is 311 g/mol. The summed E-state index contributed by atoms with van der Waals surface area (Å²) in [5.41, 5.74) is 1.64. The number of hydrogen-bond donors (Lipinski definition) is 0. The Hall–Kier alpha value is -0.610. The Bertz CT molecular complexity index is 440. The third-order valence-electron chi connectivity index (χ3n) is 3.53. The smallest absolute Gasteiger partial charge is 0.371 e. The van der Waals surface area contributed by atoms with Crippen LogP contribution in [-0.4, -0.2) is 19.3 Å². The largest absolute Gasteiger partial charge is 0.391 e. The maximum Gasteiger partial charge on any atom is 0.391 e. The Balaban J connectivity index is 2.12. The first-order valence-corrected chi connectivity index (χ1v) is 6.99. The maximum absolute atomic E-state index is 12.6. The Morgan fingerprint density at radius 2 is 1.84 bits per heavy atom. The summed E-state index contributed by atoms with van der Waals surface area (Å²) in [5, 5.41) is 0.561. The van der Waals surface area contributed by atoms with Gasteiger partial charge < -0.3 is 4.90 Å². The minimum Gasteiger partial charge on any atom is -0.371 e. The van der Waals surface area contributed by atoms with E-state index in [1.165, 1.54) is 0 Å². The summed E-state index contributed by atoms with van der Waals surface area (Å²) in [6.45, 7) is 0.767. The van der Waals surface area contributed by atoms with Crippen LogP contribution in [0.3, 0.4) is 0 Å². The molecule has 0 atom stereocenters. The van der Waals surface area contributed by atoms with Crippen molar-refractivity contribution in [3.63, 3.8) is 0 Å². The van der Waals surface area contributed by atoms with Crippen molar-refractivity contribution in [2.75, 3.05) is 18.0 Å². The molecule has 0 aromatic heterocycles. The van der Waals surface area contributed by atoms with E-state index in [0.29, 0.717) is 18.1 Å². The zero-order valence-corrected chi connectivity index (χ0v) is 11.7. The summed E-state index contributed by atoms with van der Waals surface area (Å²) in [7, 11) is 0. The molecular formula is C13H14Cl2F3N. The predicted molar refractivity (Wildman–Crippen MR) is 72.0 cm³/mol. The van der Waals surface area contributed by atoms with Crippen LogP contribution in [0.25, 0.3) is 0 Å². The Morgan fingerprint density at radius 3 is 2.37 bits per heavy atom. The molecule has 0 N–H and O–H groups in total. The van der Waals surface area contributed by atoms with E-state index in [4.69, 9.17) is 23.2 Å². The van der Waals surface area contributed by atoms with Gasteiger partial charge in [0, 0.05) is 29.4 Å². The van der Waals surface area contributed by atoms with E-state index in [2.05, 4.69) is 0 Å². The van der Waals surface area contributed by atoms with Gasteiger partial charge in [0.05, 0.1) is 11.8 Å². The van der Waals surface area contributed by atoms with Gasteiger partial charge in [-0.1, -0.05) is 17.7 Å². The minimum atomic E-state index is -4.09. The molecule has 1 saturated heterocycles. The second-order valence-corrected chi connectivity index (χ2v) is 5.35. The molecule has 1 aromatic rings. The van der Waals surface area contributed by atoms with E-state index in [1.807, 2.05) is 11.0 Å². The van der Waals surface area contributed by atoms with Crippen molar-refractivity contribution in [1.29, 1.82) is 0 Å². The van der Waals surface area contributed by atoms with Gasteiger partial charge in [0.15, 0.2) is 0 Å². The Labute approximate surface area is 120 Å². The lowest BCUT2D eigenvalue weighted by Gasteiger charge is -2.35. The maximum atomic E-state index is 12.6. The average Bonchev–Trinajstić information content (AvgIpc) is 2.37. The average molecular weight is 312 g/mol. The molecule has 0 amide bonds. The quantitative estimate of drug-likeness (QED) is 0.705. The van der Waals surface area contributed by atoms with Crippen molar-refractivity contribution in [2.24, 2.45) is 5.92 Å². The van der Waals surface area contributed by atoms with Gasteiger partial charge in [0.1, 0.15) is 0 Å². The first kappa shape index (κ1) is 14.8. The molecule has 106 valence electrons. The van der Waals surface area contributed by atoms with Gasteiger partial charge in [-0.15, -0.1) is 11.6 Å². The lowest BCUT2D eigenvalue weighted by atomic mass is 9.95. The predicted octanol–water partition coefficient (Wildman–Crippen LogP) is 4.86. The number of rotatable bonds is 2. The highest BCUT2D eigenvalue weighted by Crippen LogP contribution is 2.37. The Morgan fingerprint density at radius 1 is 1.21 bits per heavy atom. The summed E-state index contributed by atoms with van der Waals surface area (Å²) < 4.78 is 37.9. The highest BCUT2D eigenvalue weighted by Gasteiger charge is 2.41. The summed E-state index contributed by atoms with van der Waals surface area (Å²) in [4.78, 5) is 1.94. The van der Waals surface area contributed by atoms with Crippen LogP contribution in [0.5, 0.6) is 0 Å². The zero-order valence-electron chi connectivity index (χ0n) is 10.2. The highest BCUT2D eigenvalue weighted by molar-refractivity contribution is 6.32. The van der Waals surface area contributed by atoms with E-state index >= 15 is 0 Å². The van der Waals surface area contributed by atoms with E-state index in [9.17, 15) is 13.2 Å². The van der Waals surface area contributed by atoms with Crippen LogP contribution >= 0.6 is 23.2 Å². The zero-order chi connectivity index (χ0) is 14.0. The van der Waals surface area contributed by atoms with Crippen LogP contribution in [0.1, 0.15) is 18.4 Å². The normalized spacial score (nSPS) is 17.8. The lowest BCUT2D eigenvalue weighted by molar-refractivity contribution is -0.179. The number of nitrogens with zero attached hydrogens (tertiary/aromatic N) is 1. The fourth-order valence-electron chi connectivity index (χ4n) is 2.42. The molecule has 1 aliphatic heterocycles. The lowest BCUT2D eigenvalue weighted by Crippen LogP contribution is -2.39. The van der Waals surface area contributed by atoms with Crippen molar-refractivity contribution >= 4 is 28.9 Å². The fourth-order valence-corrected chi connectivity index (χ4v) is 3.01. The van der Waals surface area contributed by atoms with Crippen LogP contribution in [0.2, 0.25) is 5.02 Å². The van der Waals surface area contributed by atoms with Crippen LogP contribution in [-0.2, 0) is 5.88 Å². The van der Waals surface area contributed by atoms with Crippen molar-refractivity contribution in [2.45, 2.75) is 24.9 Å². The molecule has 6 heteroatoms. The van der Waals surface area contributed by atoms with E-state index in [1.54, 1.807) is 12.1 Å². The van der Waals surface area contributed by atoms with Gasteiger partial charge in [-0.2, -0.15) is 13.2 Å². The fraction of sp³-hybridized carbons (Fsp3) is 0.538. The van der Waals surface area contributed by atoms with Gasteiger partial charge in [0.2, 0.25) is 0 Å². The number of benzene rings is 1. The molecule has 1 nitrogen and oxygen atoms in total. The molecule has 0 radical (unpaired) electrons. The van der Waals surface area contributed by atoms with Crippen LogP contribution in [0.4, 0.5) is 18.9 Å².